The number of methoxy groups -OCH3 is 2. The molecule has 0 aliphatic heterocycles. The molecule has 130 valence electrons. The van der Waals surface area contributed by atoms with E-state index in [2.05, 4.69) is 15.3 Å². The number of nitrogens with zero attached hydrogens (tertiary/aromatic N) is 5. The molecule has 1 saturated carbocycles. The maximum atomic E-state index is 12.7. The quantitative estimate of drug-likeness (QED) is 0.723. The molecule has 0 atom stereocenters. The molecule has 0 bridgehead atoms. The molecule has 8 nitrogen and oxygen atoms in total. The Morgan fingerprint density at radius 3 is 2.60 bits per heavy atom. The summed E-state index contributed by atoms with van der Waals surface area (Å²) in [5.41, 5.74) is 1.28. The van der Waals surface area contributed by atoms with E-state index in [1.165, 1.54) is 4.68 Å². The third-order valence-electron chi connectivity index (χ3n) is 4.72. The van der Waals surface area contributed by atoms with Gasteiger partial charge in [0, 0.05) is 12.1 Å². The number of hydrogen-bond donors (Lipinski definition) is 0. The fraction of sp³-hybridized carbons (Fsp3) is 0.412. The van der Waals surface area contributed by atoms with Crippen LogP contribution in [0.2, 0.25) is 0 Å². The van der Waals surface area contributed by atoms with Gasteiger partial charge >= 0.3 is 0 Å². The highest BCUT2D eigenvalue weighted by atomic mass is 16.5. The Bertz CT molecular complexity index is 972. The second kappa shape index (κ2) is 6.19. The lowest BCUT2D eigenvalue weighted by atomic mass is 10.2. The fourth-order valence-electron chi connectivity index (χ4n) is 3.40. The first-order chi connectivity index (χ1) is 12.2. The molecule has 25 heavy (non-hydrogen) atoms. The number of fused-ring (bicyclic) bond motifs is 1. The minimum atomic E-state index is -0.136. The third kappa shape index (κ3) is 2.54. The second-order valence-electron chi connectivity index (χ2n) is 6.11. The minimum absolute atomic E-state index is 0.136. The van der Waals surface area contributed by atoms with E-state index in [1.807, 2.05) is 6.07 Å². The van der Waals surface area contributed by atoms with E-state index in [-0.39, 0.29) is 17.1 Å². The van der Waals surface area contributed by atoms with Gasteiger partial charge < -0.3 is 9.47 Å². The van der Waals surface area contributed by atoms with Crippen molar-refractivity contribution in [2.24, 2.45) is 0 Å². The first-order valence-electron chi connectivity index (χ1n) is 8.28. The largest absolute Gasteiger partial charge is 0.493 e. The predicted octanol–water partition coefficient (Wildman–Crippen LogP) is 2.11. The first-order valence-corrected chi connectivity index (χ1v) is 8.28. The fourth-order valence-corrected chi connectivity index (χ4v) is 3.40. The van der Waals surface area contributed by atoms with E-state index in [0.717, 1.165) is 25.7 Å². The van der Waals surface area contributed by atoms with Gasteiger partial charge in [-0.25, -0.2) is 4.98 Å². The van der Waals surface area contributed by atoms with Crippen LogP contribution in [0.4, 0.5) is 0 Å². The first kappa shape index (κ1) is 15.6. The topological polar surface area (TPSA) is 84.1 Å². The standard InChI is InChI=1S/C17H19N5O3/c1-24-13-8-7-12(9-14(13)25-2)22-16-15(19-20-22)17(23)21(10-18-16)11-5-3-4-6-11/h7-11H,3-6H2,1-2H3. The van der Waals surface area contributed by atoms with Crippen molar-refractivity contribution < 1.29 is 9.47 Å². The van der Waals surface area contributed by atoms with Gasteiger partial charge in [0.05, 0.1) is 19.9 Å². The van der Waals surface area contributed by atoms with Gasteiger partial charge in [0.2, 0.25) is 0 Å². The third-order valence-corrected chi connectivity index (χ3v) is 4.72. The number of aromatic nitrogens is 5. The maximum Gasteiger partial charge on any atom is 0.283 e. The number of ether oxygens (including phenoxy) is 2. The lowest BCUT2D eigenvalue weighted by Crippen LogP contribution is -2.24. The summed E-state index contributed by atoms with van der Waals surface area (Å²) >= 11 is 0. The zero-order valence-electron chi connectivity index (χ0n) is 14.2. The molecule has 1 aromatic carbocycles. The lowest BCUT2D eigenvalue weighted by Gasteiger charge is -2.12. The van der Waals surface area contributed by atoms with E-state index in [9.17, 15) is 4.79 Å². The van der Waals surface area contributed by atoms with E-state index >= 15 is 0 Å². The van der Waals surface area contributed by atoms with Gasteiger partial charge in [-0.1, -0.05) is 18.1 Å². The zero-order chi connectivity index (χ0) is 17.4. The molecule has 2 heterocycles. The van der Waals surface area contributed by atoms with Gasteiger partial charge in [-0.3, -0.25) is 9.36 Å². The molecule has 0 amide bonds. The van der Waals surface area contributed by atoms with Crippen LogP contribution in [0, 0.1) is 0 Å². The average molecular weight is 341 g/mol. The predicted molar refractivity (Wildman–Crippen MR) is 91.5 cm³/mol. The Morgan fingerprint density at radius 2 is 1.88 bits per heavy atom. The SMILES string of the molecule is COc1ccc(-n2nnc3c(=O)n(C4CCCC4)cnc32)cc1OC. The molecular formula is C17H19N5O3. The molecule has 1 aliphatic carbocycles. The molecule has 0 radical (unpaired) electrons. The van der Waals surface area contributed by atoms with Crippen LogP contribution in [0.1, 0.15) is 31.7 Å². The van der Waals surface area contributed by atoms with Crippen molar-refractivity contribution in [2.45, 2.75) is 31.7 Å². The van der Waals surface area contributed by atoms with E-state index in [0.29, 0.717) is 22.8 Å². The Balaban J connectivity index is 1.82. The van der Waals surface area contributed by atoms with Crippen molar-refractivity contribution >= 4 is 11.2 Å². The number of benzene rings is 1. The molecule has 0 unspecified atom stereocenters. The summed E-state index contributed by atoms with van der Waals surface area (Å²) in [4.78, 5) is 17.2. The molecule has 0 N–H and O–H groups in total. The van der Waals surface area contributed by atoms with Crippen molar-refractivity contribution in [3.63, 3.8) is 0 Å². The highest BCUT2D eigenvalue weighted by Crippen LogP contribution is 2.30. The lowest BCUT2D eigenvalue weighted by molar-refractivity contribution is 0.355. The molecular weight excluding hydrogens is 322 g/mol. The number of hydrogen-bond acceptors (Lipinski definition) is 6. The van der Waals surface area contributed by atoms with E-state index in [4.69, 9.17) is 9.47 Å². The Labute approximate surface area is 144 Å². The molecule has 1 aliphatic rings. The van der Waals surface area contributed by atoms with Crippen molar-refractivity contribution in [3.05, 3.63) is 34.9 Å². The summed E-state index contributed by atoms with van der Waals surface area (Å²) in [5, 5.41) is 8.19. The maximum absolute atomic E-state index is 12.7. The van der Waals surface area contributed by atoms with Crippen LogP contribution < -0.4 is 15.0 Å². The summed E-state index contributed by atoms with van der Waals surface area (Å²) in [6.07, 6.45) is 5.93. The van der Waals surface area contributed by atoms with Gasteiger partial charge in [-0.2, -0.15) is 4.68 Å². The minimum Gasteiger partial charge on any atom is -0.493 e. The van der Waals surface area contributed by atoms with E-state index < -0.39 is 0 Å². The Morgan fingerprint density at radius 1 is 1.12 bits per heavy atom. The highest BCUT2D eigenvalue weighted by molar-refractivity contribution is 5.70. The smallest absolute Gasteiger partial charge is 0.283 e. The monoisotopic (exact) mass is 341 g/mol. The molecule has 0 spiro atoms. The summed E-state index contributed by atoms with van der Waals surface area (Å²) in [7, 11) is 3.15. The second-order valence-corrected chi connectivity index (χ2v) is 6.11. The van der Waals surface area contributed by atoms with Crippen LogP contribution in [-0.4, -0.2) is 38.8 Å². The van der Waals surface area contributed by atoms with Gasteiger partial charge in [0.15, 0.2) is 22.7 Å². The van der Waals surface area contributed by atoms with Gasteiger partial charge in [-0.15, -0.1) is 5.10 Å². The van der Waals surface area contributed by atoms with Crippen LogP contribution >= 0.6 is 0 Å². The Kier molecular flexibility index (Phi) is 3.87. The zero-order valence-corrected chi connectivity index (χ0v) is 14.2. The van der Waals surface area contributed by atoms with Gasteiger partial charge in [0.25, 0.3) is 5.56 Å². The summed E-state index contributed by atoms with van der Waals surface area (Å²) < 4.78 is 13.8. The molecule has 3 aromatic rings. The normalized spacial score (nSPS) is 15.0. The van der Waals surface area contributed by atoms with Crippen molar-refractivity contribution in [1.29, 1.82) is 0 Å². The van der Waals surface area contributed by atoms with Crippen molar-refractivity contribution in [3.8, 4) is 17.2 Å². The highest BCUT2D eigenvalue weighted by Gasteiger charge is 2.21. The molecule has 1 fully saturated rings. The Hall–Kier alpha value is -2.90. The summed E-state index contributed by atoms with van der Waals surface area (Å²) in [6.45, 7) is 0. The molecule has 2 aromatic heterocycles. The van der Waals surface area contributed by atoms with E-state index in [1.54, 1.807) is 37.2 Å². The van der Waals surface area contributed by atoms with Crippen molar-refractivity contribution in [1.82, 2.24) is 24.5 Å². The van der Waals surface area contributed by atoms with Crippen molar-refractivity contribution in [2.75, 3.05) is 14.2 Å². The van der Waals surface area contributed by atoms with Gasteiger partial charge in [0.1, 0.15) is 6.33 Å². The van der Waals surface area contributed by atoms with Crippen LogP contribution in [0.5, 0.6) is 11.5 Å². The summed E-state index contributed by atoms with van der Waals surface area (Å²) in [5.74, 6) is 1.19. The van der Waals surface area contributed by atoms with Gasteiger partial charge in [-0.05, 0) is 25.0 Å². The van der Waals surface area contributed by atoms with Crippen LogP contribution in [0.15, 0.2) is 29.3 Å². The number of rotatable bonds is 4. The molecule has 0 saturated heterocycles. The van der Waals surface area contributed by atoms with Crippen LogP contribution in [0.3, 0.4) is 0 Å². The van der Waals surface area contributed by atoms with Crippen LogP contribution in [-0.2, 0) is 0 Å². The van der Waals surface area contributed by atoms with Crippen LogP contribution in [0.25, 0.3) is 16.9 Å². The average Bonchev–Trinajstić information content (AvgIpc) is 3.31. The molecule has 8 heteroatoms. The summed E-state index contributed by atoms with van der Waals surface area (Å²) in [6, 6.07) is 5.59. The molecule has 4 rings (SSSR count).